The van der Waals surface area contributed by atoms with Crippen LogP contribution in [0.3, 0.4) is 0 Å². The van der Waals surface area contributed by atoms with Gasteiger partial charge in [-0.25, -0.2) is 4.79 Å². The first-order valence-corrected chi connectivity index (χ1v) is 8.00. The highest BCUT2D eigenvalue weighted by atomic mass is 35.5. The molecule has 1 saturated heterocycles. The van der Waals surface area contributed by atoms with E-state index in [1.165, 1.54) is 0 Å². The van der Waals surface area contributed by atoms with E-state index < -0.39 is 0 Å². The van der Waals surface area contributed by atoms with Gasteiger partial charge in [0.2, 0.25) is 0 Å². The summed E-state index contributed by atoms with van der Waals surface area (Å²) in [6, 6.07) is 17.3. The van der Waals surface area contributed by atoms with Crippen LogP contribution in [0.1, 0.15) is 0 Å². The standard InChI is InChI=1S/C16H14ClNO2S/c17-12-6-8-15(9-7-12)21-11-14-10-18(16(19)20-14)13-4-2-1-3-5-13/h1-9,14H,10-11H2/t14-/m0/s1. The number of halogens is 1. The minimum Gasteiger partial charge on any atom is -0.443 e. The lowest BCUT2D eigenvalue weighted by molar-refractivity contribution is 0.151. The van der Waals surface area contributed by atoms with Gasteiger partial charge in [-0.15, -0.1) is 11.8 Å². The molecule has 0 spiro atoms. The molecular weight excluding hydrogens is 306 g/mol. The molecule has 0 unspecified atom stereocenters. The Morgan fingerprint density at radius 1 is 1.14 bits per heavy atom. The summed E-state index contributed by atoms with van der Waals surface area (Å²) in [7, 11) is 0. The number of carbonyl (C=O) groups excluding carboxylic acids is 1. The number of para-hydroxylation sites is 1. The molecule has 0 radical (unpaired) electrons. The van der Waals surface area contributed by atoms with Crippen molar-refractivity contribution in [3.63, 3.8) is 0 Å². The molecule has 1 fully saturated rings. The van der Waals surface area contributed by atoms with Gasteiger partial charge < -0.3 is 4.74 Å². The summed E-state index contributed by atoms with van der Waals surface area (Å²) in [6.07, 6.45) is -0.374. The molecule has 1 aliphatic rings. The fraction of sp³-hybridized carbons (Fsp3) is 0.188. The molecule has 5 heteroatoms. The zero-order valence-corrected chi connectivity index (χ0v) is 12.8. The van der Waals surface area contributed by atoms with Gasteiger partial charge in [-0.3, -0.25) is 4.90 Å². The van der Waals surface area contributed by atoms with Crippen LogP contribution in [0.5, 0.6) is 0 Å². The van der Waals surface area contributed by atoms with Gasteiger partial charge in [0.1, 0.15) is 6.10 Å². The third-order valence-corrected chi connectivity index (χ3v) is 4.59. The third-order valence-electron chi connectivity index (χ3n) is 3.19. The zero-order chi connectivity index (χ0) is 14.7. The van der Waals surface area contributed by atoms with Crippen molar-refractivity contribution in [3.8, 4) is 0 Å². The van der Waals surface area contributed by atoms with Crippen molar-refractivity contribution in [2.45, 2.75) is 11.0 Å². The molecule has 0 N–H and O–H groups in total. The van der Waals surface area contributed by atoms with Crippen LogP contribution >= 0.6 is 23.4 Å². The molecule has 108 valence electrons. The summed E-state index contributed by atoms with van der Waals surface area (Å²) < 4.78 is 5.41. The van der Waals surface area contributed by atoms with Crippen molar-refractivity contribution in [1.82, 2.24) is 0 Å². The smallest absolute Gasteiger partial charge is 0.414 e. The molecule has 2 aromatic rings. The quantitative estimate of drug-likeness (QED) is 0.779. The number of nitrogens with zero attached hydrogens (tertiary/aromatic N) is 1. The molecule has 0 bridgehead atoms. The van der Waals surface area contributed by atoms with Gasteiger partial charge in [0.05, 0.1) is 6.54 Å². The fourth-order valence-corrected chi connectivity index (χ4v) is 3.15. The van der Waals surface area contributed by atoms with E-state index in [4.69, 9.17) is 16.3 Å². The molecule has 0 aliphatic carbocycles. The predicted molar refractivity (Wildman–Crippen MR) is 86.2 cm³/mol. The molecule has 0 aromatic heterocycles. The second kappa shape index (κ2) is 6.41. The molecule has 2 aromatic carbocycles. The molecule has 1 atom stereocenters. The van der Waals surface area contributed by atoms with Gasteiger partial charge in [-0.2, -0.15) is 0 Å². The van der Waals surface area contributed by atoms with Crippen LogP contribution < -0.4 is 4.90 Å². The summed E-state index contributed by atoms with van der Waals surface area (Å²) >= 11 is 7.52. The Balaban J connectivity index is 1.59. The molecule has 1 amide bonds. The molecule has 3 rings (SSSR count). The Labute approximate surface area is 132 Å². The molecule has 1 aliphatic heterocycles. The van der Waals surface area contributed by atoms with Gasteiger partial charge in [-0.05, 0) is 36.4 Å². The second-order valence-electron chi connectivity index (χ2n) is 4.72. The first-order chi connectivity index (χ1) is 10.2. The summed E-state index contributed by atoms with van der Waals surface area (Å²) in [5, 5.41) is 0.724. The minimum absolute atomic E-state index is 0.0987. The lowest BCUT2D eigenvalue weighted by atomic mass is 10.3. The van der Waals surface area contributed by atoms with Gasteiger partial charge in [-0.1, -0.05) is 29.8 Å². The first-order valence-electron chi connectivity index (χ1n) is 6.64. The average molecular weight is 320 g/mol. The van der Waals surface area contributed by atoms with Gasteiger partial charge in [0, 0.05) is 21.4 Å². The summed E-state index contributed by atoms with van der Waals surface area (Å²) in [5.74, 6) is 0.733. The number of benzene rings is 2. The molecular formula is C16H14ClNO2S. The molecule has 1 heterocycles. The fourth-order valence-electron chi connectivity index (χ4n) is 2.15. The zero-order valence-electron chi connectivity index (χ0n) is 11.2. The SMILES string of the molecule is O=C1O[C@H](CSc2ccc(Cl)cc2)CN1c1ccccc1. The van der Waals surface area contributed by atoms with E-state index in [1.807, 2.05) is 54.6 Å². The van der Waals surface area contributed by atoms with Crippen molar-refractivity contribution in [2.24, 2.45) is 0 Å². The maximum Gasteiger partial charge on any atom is 0.414 e. The van der Waals surface area contributed by atoms with Crippen LogP contribution in [0.15, 0.2) is 59.5 Å². The largest absolute Gasteiger partial charge is 0.443 e. The van der Waals surface area contributed by atoms with Crippen LogP contribution in [0.2, 0.25) is 5.02 Å². The predicted octanol–water partition coefficient (Wildman–Crippen LogP) is 4.46. The first kappa shape index (κ1) is 14.3. The van der Waals surface area contributed by atoms with Crippen LogP contribution in [-0.4, -0.2) is 24.5 Å². The van der Waals surface area contributed by atoms with Crippen LogP contribution in [-0.2, 0) is 4.74 Å². The topological polar surface area (TPSA) is 29.5 Å². The van der Waals surface area contributed by atoms with E-state index >= 15 is 0 Å². The van der Waals surface area contributed by atoms with Gasteiger partial charge >= 0.3 is 6.09 Å². The normalized spacial score (nSPS) is 17.9. The lowest BCUT2D eigenvalue weighted by Crippen LogP contribution is -2.24. The number of ether oxygens (including phenoxy) is 1. The number of rotatable bonds is 4. The maximum atomic E-state index is 11.9. The van der Waals surface area contributed by atoms with E-state index in [0.717, 1.165) is 21.4 Å². The van der Waals surface area contributed by atoms with Gasteiger partial charge in [0.25, 0.3) is 0 Å². The number of anilines is 1. The number of carbonyl (C=O) groups is 1. The number of cyclic esters (lactones) is 1. The number of hydrogen-bond donors (Lipinski definition) is 0. The second-order valence-corrected chi connectivity index (χ2v) is 6.25. The highest BCUT2D eigenvalue weighted by molar-refractivity contribution is 7.99. The Hall–Kier alpha value is -1.65. The number of hydrogen-bond acceptors (Lipinski definition) is 3. The maximum absolute atomic E-state index is 11.9. The van der Waals surface area contributed by atoms with Gasteiger partial charge in [0.15, 0.2) is 0 Å². The van der Waals surface area contributed by atoms with E-state index in [1.54, 1.807) is 16.7 Å². The van der Waals surface area contributed by atoms with E-state index in [0.29, 0.717) is 6.54 Å². The monoisotopic (exact) mass is 319 g/mol. The van der Waals surface area contributed by atoms with Crippen molar-refractivity contribution in [3.05, 3.63) is 59.6 Å². The molecule has 0 saturated carbocycles. The van der Waals surface area contributed by atoms with Crippen LogP contribution in [0.4, 0.5) is 10.5 Å². The van der Waals surface area contributed by atoms with Crippen molar-refractivity contribution >= 4 is 35.1 Å². The highest BCUT2D eigenvalue weighted by Gasteiger charge is 2.32. The van der Waals surface area contributed by atoms with E-state index in [9.17, 15) is 4.79 Å². The van der Waals surface area contributed by atoms with Crippen LogP contribution in [0.25, 0.3) is 0 Å². The number of amides is 1. The highest BCUT2D eigenvalue weighted by Crippen LogP contribution is 2.26. The molecule has 3 nitrogen and oxygen atoms in total. The van der Waals surface area contributed by atoms with E-state index in [2.05, 4.69) is 0 Å². The average Bonchev–Trinajstić information content (AvgIpc) is 2.89. The lowest BCUT2D eigenvalue weighted by Gasteiger charge is -2.12. The Kier molecular flexibility index (Phi) is 4.36. The Morgan fingerprint density at radius 2 is 1.86 bits per heavy atom. The minimum atomic E-state index is -0.275. The van der Waals surface area contributed by atoms with E-state index in [-0.39, 0.29) is 12.2 Å². The van der Waals surface area contributed by atoms with Crippen molar-refractivity contribution < 1.29 is 9.53 Å². The molecule has 21 heavy (non-hydrogen) atoms. The third kappa shape index (κ3) is 3.52. The summed E-state index contributed by atoms with van der Waals surface area (Å²) in [4.78, 5) is 14.7. The summed E-state index contributed by atoms with van der Waals surface area (Å²) in [6.45, 7) is 0.587. The Bertz CT molecular complexity index is 618. The van der Waals surface area contributed by atoms with Crippen molar-refractivity contribution in [1.29, 1.82) is 0 Å². The Morgan fingerprint density at radius 3 is 2.57 bits per heavy atom. The van der Waals surface area contributed by atoms with Crippen molar-refractivity contribution in [2.75, 3.05) is 17.2 Å². The van der Waals surface area contributed by atoms with Crippen LogP contribution in [0, 0.1) is 0 Å². The number of thioether (sulfide) groups is 1. The summed E-state index contributed by atoms with van der Waals surface area (Å²) in [5.41, 5.74) is 0.876.